The van der Waals surface area contributed by atoms with Crippen molar-refractivity contribution in [3.63, 3.8) is 0 Å². The summed E-state index contributed by atoms with van der Waals surface area (Å²) in [5.74, 6) is 0. The van der Waals surface area contributed by atoms with E-state index in [-0.39, 0.29) is 0 Å². The van der Waals surface area contributed by atoms with E-state index in [9.17, 15) is 0 Å². The van der Waals surface area contributed by atoms with Crippen molar-refractivity contribution in [2.45, 2.75) is 13.3 Å². The molecule has 1 fully saturated rings. The molecule has 0 radical (unpaired) electrons. The molecule has 0 atom stereocenters. The van der Waals surface area contributed by atoms with E-state index in [1.807, 2.05) is 0 Å². The molecule has 0 spiro atoms. The second kappa shape index (κ2) is 1.90. The summed E-state index contributed by atoms with van der Waals surface area (Å²) in [5, 5.41) is 3.23. The largest absolute Gasteiger partial charge is 0.315 e. The van der Waals surface area contributed by atoms with Crippen molar-refractivity contribution in [3.05, 3.63) is 12.7 Å². The van der Waals surface area contributed by atoms with Gasteiger partial charge in [0.25, 0.3) is 0 Å². The number of hydrogen-bond donors (Lipinski definition) is 1. The maximum atomic E-state index is 3.79. The smallest absolute Gasteiger partial charge is 0.0126 e. The van der Waals surface area contributed by atoms with Gasteiger partial charge in [0.15, 0.2) is 0 Å². The predicted octanol–water partition coefficient (Wildman–Crippen LogP) is 1.17. The maximum Gasteiger partial charge on any atom is 0.0126 e. The summed E-state index contributed by atoms with van der Waals surface area (Å²) in [4.78, 5) is 0. The van der Waals surface area contributed by atoms with Crippen LogP contribution in [0.25, 0.3) is 0 Å². The van der Waals surface area contributed by atoms with Crippen LogP contribution in [0.4, 0.5) is 0 Å². The highest BCUT2D eigenvalue weighted by Crippen LogP contribution is 2.26. The standard InChI is InChI=1S/C7H13N/c1-3-7(4-2)5-8-6-7/h3,8H,1,4-6H2,2H3. The highest BCUT2D eigenvalue weighted by molar-refractivity contribution is 5.03. The number of nitrogens with one attached hydrogen (secondary N) is 1. The van der Waals surface area contributed by atoms with E-state index in [0.717, 1.165) is 13.1 Å². The van der Waals surface area contributed by atoms with E-state index in [1.54, 1.807) is 0 Å². The third-order valence-corrected chi connectivity index (χ3v) is 2.09. The topological polar surface area (TPSA) is 12.0 Å². The fourth-order valence-electron chi connectivity index (χ4n) is 0.985. The fraction of sp³-hybridized carbons (Fsp3) is 0.714. The maximum absolute atomic E-state index is 3.79. The van der Waals surface area contributed by atoms with E-state index >= 15 is 0 Å². The normalized spacial score (nSPS) is 24.1. The Morgan fingerprint density at radius 1 is 1.75 bits per heavy atom. The summed E-state index contributed by atoms with van der Waals surface area (Å²) >= 11 is 0. The van der Waals surface area contributed by atoms with E-state index in [4.69, 9.17) is 0 Å². The van der Waals surface area contributed by atoms with Gasteiger partial charge in [-0.05, 0) is 6.42 Å². The Morgan fingerprint density at radius 3 is 2.38 bits per heavy atom. The third-order valence-electron chi connectivity index (χ3n) is 2.09. The molecule has 1 saturated heterocycles. The summed E-state index contributed by atoms with van der Waals surface area (Å²) in [6.45, 7) is 8.26. The molecule has 0 aliphatic carbocycles. The zero-order chi connectivity index (χ0) is 6.04. The van der Waals surface area contributed by atoms with Crippen LogP contribution >= 0.6 is 0 Å². The molecule has 0 amide bonds. The van der Waals surface area contributed by atoms with Crippen molar-refractivity contribution < 1.29 is 0 Å². The average molecular weight is 111 g/mol. The minimum atomic E-state index is 0.458. The molecule has 46 valence electrons. The minimum Gasteiger partial charge on any atom is -0.315 e. The molecule has 1 heteroatoms. The highest BCUT2D eigenvalue weighted by atomic mass is 15.0. The summed E-state index contributed by atoms with van der Waals surface area (Å²) < 4.78 is 0. The van der Waals surface area contributed by atoms with Gasteiger partial charge in [0.05, 0.1) is 0 Å². The van der Waals surface area contributed by atoms with Crippen molar-refractivity contribution in [1.29, 1.82) is 0 Å². The van der Waals surface area contributed by atoms with E-state index < -0.39 is 0 Å². The molecule has 1 aliphatic heterocycles. The van der Waals surface area contributed by atoms with Crippen molar-refractivity contribution in [2.75, 3.05) is 13.1 Å². The Bertz CT molecular complexity index is 87.1. The molecule has 1 nitrogen and oxygen atoms in total. The van der Waals surface area contributed by atoms with Crippen LogP contribution < -0.4 is 5.32 Å². The Balaban J connectivity index is 2.45. The van der Waals surface area contributed by atoms with Gasteiger partial charge < -0.3 is 5.32 Å². The van der Waals surface area contributed by atoms with Crippen LogP contribution in [0.2, 0.25) is 0 Å². The van der Waals surface area contributed by atoms with Gasteiger partial charge >= 0.3 is 0 Å². The van der Waals surface area contributed by atoms with Gasteiger partial charge in [-0.3, -0.25) is 0 Å². The van der Waals surface area contributed by atoms with Crippen molar-refractivity contribution >= 4 is 0 Å². The SMILES string of the molecule is C=CC1(CC)CNC1. The molecule has 8 heavy (non-hydrogen) atoms. The zero-order valence-corrected chi connectivity index (χ0v) is 5.41. The molecule has 0 unspecified atom stereocenters. The van der Waals surface area contributed by atoms with Gasteiger partial charge in [0, 0.05) is 18.5 Å². The molecule has 1 aliphatic rings. The quantitative estimate of drug-likeness (QED) is 0.527. The summed E-state index contributed by atoms with van der Waals surface area (Å²) in [6, 6.07) is 0. The van der Waals surface area contributed by atoms with Crippen LogP contribution in [0.3, 0.4) is 0 Å². The van der Waals surface area contributed by atoms with Gasteiger partial charge in [0.2, 0.25) is 0 Å². The van der Waals surface area contributed by atoms with Crippen molar-refractivity contribution in [1.82, 2.24) is 5.32 Å². The van der Waals surface area contributed by atoms with Crippen molar-refractivity contribution in [3.8, 4) is 0 Å². The van der Waals surface area contributed by atoms with Crippen LogP contribution in [0.1, 0.15) is 13.3 Å². The minimum absolute atomic E-state index is 0.458. The Kier molecular flexibility index (Phi) is 1.39. The van der Waals surface area contributed by atoms with E-state index in [1.165, 1.54) is 6.42 Å². The molecule has 0 saturated carbocycles. The Morgan fingerprint density at radius 2 is 2.38 bits per heavy atom. The number of rotatable bonds is 2. The number of hydrogen-bond acceptors (Lipinski definition) is 1. The summed E-state index contributed by atoms with van der Waals surface area (Å²) in [7, 11) is 0. The van der Waals surface area contributed by atoms with Crippen LogP contribution in [0.5, 0.6) is 0 Å². The van der Waals surface area contributed by atoms with Crippen LogP contribution in [-0.2, 0) is 0 Å². The molecule has 1 N–H and O–H groups in total. The molecule has 1 rings (SSSR count). The Labute approximate surface area is 50.8 Å². The summed E-state index contributed by atoms with van der Waals surface area (Å²) in [5.41, 5.74) is 0.458. The predicted molar refractivity (Wildman–Crippen MR) is 35.8 cm³/mol. The van der Waals surface area contributed by atoms with Gasteiger partial charge in [0.1, 0.15) is 0 Å². The van der Waals surface area contributed by atoms with Crippen LogP contribution in [0, 0.1) is 5.41 Å². The lowest BCUT2D eigenvalue weighted by molar-refractivity contribution is 0.231. The molecular formula is C7H13N. The highest BCUT2D eigenvalue weighted by Gasteiger charge is 2.30. The van der Waals surface area contributed by atoms with Crippen LogP contribution in [0.15, 0.2) is 12.7 Å². The van der Waals surface area contributed by atoms with Gasteiger partial charge in [-0.1, -0.05) is 13.0 Å². The van der Waals surface area contributed by atoms with Gasteiger partial charge in [-0.2, -0.15) is 0 Å². The van der Waals surface area contributed by atoms with Gasteiger partial charge in [-0.15, -0.1) is 6.58 Å². The fourth-order valence-corrected chi connectivity index (χ4v) is 0.985. The third kappa shape index (κ3) is 0.671. The lowest BCUT2D eigenvalue weighted by Crippen LogP contribution is -2.51. The van der Waals surface area contributed by atoms with Gasteiger partial charge in [-0.25, -0.2) is 0 Å². The molecule has 1 heterocycles. The monoisotopic (exact) mass is 111 g/mol. The van der Waals surface area contributed by atoms with Crippen LogP contribution in [-0.4, -0.2) is 13.1 Å². The average Bonchev–Trinajstić information content (AvgIpc) is 1.67. The molecule has 0 aromatic rings. The first-order chi connectivity index (χ1) is 3.83. The first-order valence-corrected chi connectivity index (χ1v) is 3.17. The first kappa shape index (κ1) is 5.83. The zero-order valence-electron chi connectivity index (χ0n) is 5.41. The molecular weight excluding hydrogens is 98.1 g/mol. The summed E-state index contributed by atoms with van der Waals surface area (Å²) in [6.07, 6.45) is 3.30. The molecule has 0 bridgehead atoms. The van der Waals surface area contributed by atoms with E-state index in [2.05, 4.69) is 24.9 Å². The Hall–Kier alpha value is -0.300. The van der Waals surface area contributed by atoms with E-state index in [0.29, 0.717) is 5.41 Å². The van der Waals surface area contributed by atoms with Crippen molar-refractivity contribution in [2.24, 2.45) is 5.41 Å². The lowest BCUT2D eigenvalue weighted by atomic mass is 9.80. The first-order valence-electron chi connectivity index (χ1n) is 3.17. The molecule has 0 aromatic carbocycles. The second-order valence-electron chi connectivity index (χ2n) is 2.52. The molecule has 0 aromatic heterocycles. The lowest BCUT2D eigenvalue weighted by Gasteiger charge is -2.39. The second-order valence-corrected chi connectivity index (χ2v) is 2.52.